The van der Waals surface area contributed by atoms with Gasteiger partial charge in [-0.1, -0.05) is 50.6 Å². The van der Waals surface area contributed by atoms with Gasteiger partial charge in [0.15, 0.2) is 0 Å². The zero-order valence-electron chi connectivity index (χ0n) is 13.0. The zero-order chi connectivity index (χ0) is 13.9. The van der Waals surface area contributed by atoms with E-state index in [0.29, 0.717) is 5.41 Å². The Bertz CT molecular complexity index is 377. The van der Waals surface area contributed by atoms with Crippen molar-refractivity contribution in [3.8, 4) is 0 Å². The van der Waals surface area contributed by atoms with Crippen LogP contribution < -0.4 is 5.32 Å². The van der Waals surface area contributed by atoms with Gasteiger partial charge in [-0.2, -0.15) is 0 Å². The van der Waals surface area contributed by atoms with Crippen LogP contribution in [0.2, 0.25) is 0 Å². The van der Waals surface area contributed by atoms with Crippen molar-refractivity contribution in [2.24, 2.45) is 11.3 Å². The Morgan fingerprint density at radius 1 is 1.00 bits per heavy atom. The van der Waals surface area contributed by atoms with Crippen LogP contribution in [0, 0.1) is 18.3 Å². The Labute approximate surface area is 118 Å². The van der Waals surface area contributed by atoms with Gasteiger partial charge in [0.05, 0.1) is 0 Å². The first kappa shape index (κ1) is 14.6. The van der Waals surface area contributed by atoms with Gasteiger partial charge in [0, 0.05) is 12.6 Å². The maximum atomic E-state index is 3.73. The minimum Gasteiger partial charge on any atom is -0.310 e. The number of rotatable bonds is 3. The Hall–Kier alpha value is -0.820. The van der Waals surface area contributed by atoms with Crippen molar-refractivity contribution >= 4 is 0 Å². The average Bonchev–Trinajstić information content (AvgIpc) is 2.37. The lowest BCUT2D eigenvalue weighted by molar-refractivity contribution is 0.160. The SMILES string of the molecule is Cc1ccc(CNC2CCC(C(C)(C)C)CC2)cc1. The fourth-order valence-electron chi connectivity index (χ4n) is 3.13. The van der Waals surface area contributed by atoms with Crippen molar-refractivity contribution < 1.29 is 0 Å². The van der Waals surface area contributed by atoms with Crippen LogP contribution in [0.15, 0.2) is 24.3 Å². The van der Waals surface area contributed by atoms with E-state index in [1.807, 2.05) is 0 Å². The molecule has 0 aliphatic heterocycles. The van der Waals surface area contributed by atoms with E-state index in [1.165, 1.54) is 36.8 Å². The molecular weight excluding hydrogens is 230 g/mol. The van der Waals surface area contributed by atoms with Crippen molar-refractivity contribution in [1.29, 1.82) is 0 Å². The predicted octanol–water partition coefficient (Wildman–Crippen LogP) is 4.69. The summed E-state index contributed by atoms with van der Waals surface area (Å²) in [5, 5.41) is 3.73. The summed E-state index contributed by atoms with van der Waals surface area (Å²) in [4.78, 5) is 0. The van der Waals surface area contributed by atoms with Crippen LogP contribution in [-0.2, 0) is 6.54 Å². The molecule has 0 saturated heterocycles. The van der Waals surface area contributed by atoms with Crippen molar-refractivity contribution in [2.75, 3.05) is 0 Å². The summed E-state index contributed by atoms with van der Waals surface area (Å²) in [7, 11) is 0. The third-order valence-electron chi connectivity index (χ3n) is 4.67. The van der Waals surface area contributed by atoms with Crippen molar-refractivity contribution in [2.45, 2.75) is 66.0 Å². The van der Waals surface area contributed by atoms with E-state index in [9.17, 15) is 0 Å². The first-order valence-electron chi connectivity index (χ1n) is 7.74. The molecule has 0 bridgehead atoms. The highest BCUT2D eigenvalue weighted by Crippen LogP contribution is 2.37. The largest absolute Gasteiger partial charge is 0.310 e. The minimum atomic E-state index is 0.488. The average molecular weight is 259 g/mol. The minimum absolute atomic E-state index is 0.488. The predicted molar refractivity (Wildman–Crippen MR) is 83.2 cm³/mol. The van der Waals surface area contributed by atoms with E-state index in [4.69, 9.17) is 0 Å². The highest BCUT2D eigenvalue weighted by Gasteiger charge is 2.29. The maximum Gasteiger partial charge on any atom is 0.0208 e. The van der Waals surface area contributed by atoms with E-state index in [-0.39, 0.29) is 0 Å². The smallest absolute Gasteiger partial charge is 0.0208 e. The lowest BCUT2D eigenvalue weighted by Gasteiger charge is -2.37. The summed E-state index contributed by atoms with van der Waals surface area (Å²) in [5.74, 6) is 0.907. The molecule has 1 heteroatoms. The van der Waals surface area contributed by atoms with E-state index in [0.717, 1.165) is 18.5 Å². The lowest BCUT2D eigenvalue weighted by atomic mass is 9.71. The van der Waals surface area contributed by atoms with Crippen molar-refractivity contribution in [1.82, 2.24) is 5.32 Å². The molecule has 19 heavy (non-hydrogen) atoms. The maximum absolute atomic E-state index is 3.73. The standard InChI is InChI=1S/C18H29N/c1-14-5-7-15(8-6-14)13-19-17-11-9-16(10-12-17)18(2,3)4/h5-8,16-17,19H,9-13H2,1-4H3. The van der Waals surface area contributed by atoms with Crippen LogP contribution >= 0.6 is 0 Å². The topological polar surface area (TPSA) is 12.0 Å². The molecule has 2 rings (SSSR count). The fraction of sp³-hybridized carbons (Fsp3) is 0.667. The number of aryl methyl sites for hydroxylation is 1. The molecule has 1 saturated carbocycles. The van der Waals surface area contributed by atoms with Gasteiger partial charge in [0.1, 0.15) is 0 Å². The molecule has 0 heterocycles. The highest BCUT2D eigenvalue weighted by molar-refractivity contribution is 5.21. The number of hydrogen-bond donors (Lipinski definition) is 1. The molecule has 0 radical (unpaired) electrons. The zero-order valence-corrected chi connectivity index (χ0v) is 13.0. The normalized spacial score (nSPS) is 24.4. The molecule has 1 aliphatic carbocycles. The molecule has 0 amide bonds. The Balaban J connectivity index is 1.75. The molecule has 1 N–H and O–H groups in total. The third-order valence-corrected chi connectivity index (χ3v) is 4.67. The number of nitrogens with one attached hydrogen (secondary N) is 1. The van der Waals surface area contributed by atoms with Gasteiger partial charge in [-0.15, -0.1) is 0 Å². The molecule has 1 aromatic carbocycles. The third kappa shape index (κ3) is 4.35. The first-order chi connectivity index (χ1) is 8.95. The van der Waals surface area contributed by atoms with E-state index >= 15 is 0 Å². The molecule has 1 fully saturated rings. The summed E-state index contributed by atoms with van der Waals surface area (Å²) in [6, 6.07) is 9.60. The van der Waals surface area contributed by atoms with Crippen LogP contribution in [0.4, 0.5) is 0 Å². The second-order valence-electron chi connectivity index (χ2n) is 7.28. The number of hydrogen-bond acceptors (Lipinski definition) is 1. The number of benzene rings is 1. The molecule has 1 aliphatic rings. The second-order valence-corrected chi connectivity index (χ2v) is 7.28. The van der Waals surface area contributed by atoms with Crippen LogP contribution in [0.3, 0.4) is 0 Å². The van der Waals surface area contributed by atoms with E-state index in [2.05, 4.69) is 57.3 Å². The first-order valence-corrected chi connectivity index (χ1v) is 7.74. The Morgan fingerprint density at radius 3 is 2.11 bits per heavy atom. The summed E-state index contributed by atoms with van der Waals surface area (Å²) in [6.45, 7) is 10.3. The fourth-order valence-corrected chi connectivity index (χ4v) is 3.13. The lowest BCUT2D eigenvalue weighted by Crippen LogP contribution is -2.35. The summed E-state index contributed by atoms with van der Waals surface area (Å²) in [6.07, 6.45) is 5.45. The van der Waals surface area contributed by atoms with Crippen LogP contribution in [0.25, 0.3) is 0 Å². The van der Waals surface area contributed by atoms with E-state index < -0.39 is 0 Å². The van der Waals surface area contributed by atoms with Crippen molar-refractivity contribution in [3.63, 3.8) is 0 Å². The Morgan fingerprint density at radius 2 is 1.58 bits per heavy atom. The van der Waals surface area contributed by atoms with Crippen LogP contribution in [-0.4, -0.2) is 6.04 Å². The molecule has 1 nitrogen and oxygen atoms in total. The van der Waals surface area contributed by atoms with Gasteiger partial charge in [-0.3, -0.25) is 0 Å². The molecule has 0 aromatic heterocycles. The monoisotopic (exact) mass is 259 g/mol. The summed E-state index contributed by atoms with van der Waals surface area (Å²) in [5.41, 5.74) is 3.24. The van der Waals surface area contributed by atoms with Crippen LogP contribution in [0.1, 0.15) is 57.6 Å². The molecular formula is C18H29N. The van der Waals surface area contributed by atoms with Gasteiger partial charge in [-0.25, -0.2) is 0 Å². The molecule has 1 aromatic rings. The second kappa shape index (κ2) is 6.09. The quantitative estimate of drug-likeness (QED) is 0.830. The van der Waals surface area contributed by atoms with Crippen molar-refractivity contribution in [3.05, 3.63) is 35.4 Å². The van der Waals surface area contributed by atoms with Crippen LogP contribution in [0.5, 0.6) is 0 Å². The van der Waals surface area contributed by atoms with Gasteiger partial charge in [0.25, 0.3) is 0 Å². The van der Waals surface area contributed by atoms with Gasteiger partial charge in [-0.05, 0) is 49.5 Å². The Kier molecular flexibility index (Phi) is 4.67. The molecule has 0 atom stereocenters. The summed E-state index contributed by atoms with van der Waals surface area (Å²) < 4.78 is 0. The molecule has 106 valence electrons. The molecule has 0 spiro atoms. The van der Waals surface area contributed by atoms with Gasteiger partial charge >= 0.3 is 0 Å². The van der Waals surface area contributed by atoms with Gasteiger partial charge in [0.2, 0.25) is 0 Å². The van der Waals surface area contributed by atoms with Gasteiger partial charge < -0.3 is 5.32 Å². The highest BCUT2D eigenvalue weighted by atomic mass is 14.9. The molecule has 0 unspecified atom stereocenters. The summed E-state index contributed by atoms with van der Waals surface area (Å²) >= 11 is 0. The van der Waals surface area contributed by atoms with E-state index in [1.54, 1.807) is 0 Å².